The lowest BCUT2D eigenvalue weighted by Crippen LogP contribution is -2.52. The highest BCUT2D eigenvalue weighted by Crippen LogP contribution is 2.18. The summed E-state index contributed by atoms with van der Waals surface area (Å²) in [5, 5.41) is 2.65. The van der Waals surface area contributed by atoms with Gasteiger partial charge in [0.05, 0.1) is 0 Å². The lowest BCUT2D eigenvalue weighted by molar-refractivity contribution is -0.142. The molecule has 1 N–H and O–H groups in total. The number of ether oxygens (including phenoxy) is 2. The third-order valence-electron chi connectivity index (χ3n) is 4.86. The van der Waals surface area contributed by atoms with Gasteiger partial charge in [-0.3, -0.25) is 14.9 Å². The molecule has 0 saturated carbocycles. The normalized spacial score (nSPS) is 19.8. The second kappa shape index (κ2) is 8.82. The minimum atomic E-state index is -0.576. The van der Waals surface area contributed by atoms with E-state index in [1.165, 1.54) is 0 Å². The van der Waals surface area contributed by atoms with Crippen LogP contribution < -0.4 is 5.32 Å². The summed E-state index contributed by atoms with van der Waals surface area (Å²) < 4.78 is 10.7. The number of nitrogens with zero attached hydrogens (tertiary/aromatic N) is 2. The van der Waals surface area contributed by atoms with E-state index in [4.69, 9.17) is 9.47 Å². The van der Waals surface area contributed by atoms with Crippen LogP contribution in [0.2, 0.25) is 0 Å². The Labute approximate surface area is 171 Å². The van der Waals surface area contributed by atoms with Gasteiger partial charge in [-0.05, 0) is 57.9 Å². The lowest BCUT2D eigenvalue weighted by Gasteiger charge is -2.35. The summed E-state index contributed by atoms with van der Waals surface area (Å²) in [6, 6.07) is 6.71. The molecule has 2 heterocycles. The van der Waals surface area contributed by atoms with Crippen LogP contribution in [0.3, 0.4) is 0 Å². The van der Waals surface area contributed by atoms with Crippen molar-refractivity contribution in [2.75, 3.05) is 38.1 Å². The summed E-state index contributed by atoms with van der Waals surface area (Å²) in [4.78, 5) is 40.5. The number of carbonyl (C=O) groups excluding carboxylic acids is 3. The van der Waals surface area contributed by atoms with Gasteiger partial charge in [0.2, 0.25) is 0 Å². The maximum absolute atomic E-state index is 12.7. The largest absolute Gasteiger partial charge is 0.444 e. The highest BCUT2D eigenvalue weighted by molar-refractivity contribution is 5.95. The first kappa shape index (κ1) is 21.1. The molecule has 8 nitrogen and oxygen atoms in total. The molecule has 3 rings (SSSR count). The zero-order chi connectivity index (χ0) is 21.0. The van der Waals surface area contributed by atoms with Crippen molar-refractivity contribution in [2.45, 2.75) is 45.3 Å². The molecule has 0 aromatic heterocycles. The molecule has 1 aromatic rings. The maximum atomic E-state index is 12.7. The molecule has 29 heavy (non-hydrogen) atoms. The number of hydrogen-bond acceptors (Lipinski definition) is 5. The molecule has 0 radical (unpaired) electrons. The molecule has 2 fully saturated rings. The van der Waals surface area contributed by atoms with E-state index in [1.807, 2.05) is 0 Å². The third kappa shape index (κ3) is 5.69. The highest BCUT2D eigenvalue weighted by Gasteiger charge is 2.31. The van der Waals surface area contributed by atoms with Crippen LogP contribution in [-0.4, -0.2) is 72.2 Å². The molecule has 2 aliphatic rings. The van der Waals surface area contributed by atoms with Gasteiger partial charge in [-0.2, -0.15) is 0 Å². The monoisotopic (exact) mass is 403 g/mol. The molecule has 8 heteroatoms. The zero-order valence-electron chi connectivity index (χ0n) is 17.3. The van der Waals surface area contributed by atoms with E-state index in [9.17, 15) is 14.4 Å². The van der Waals surface area contributed by atoms with Gasteiger partial charge in [0, 0.05) is 44.0 Å². The van der Waals surface area contributed by atoms with Crippen molar-refractivity contribution < 1.29 is 23.9 Å². The Morgan fingerprint density at radius 2 is 1.66 bits per heavy atom. The Bertz CT molecular complexity index is 743. The number of hydrogen-bond donors (Lipinski definition) is 1. The van der Waals surface area contributed by atoms with E-state index in [-0.39, 0.29) is 17.9 Å². The number of benzene rings is 1. The summed E-state index contributed by atoms with van der Waals surface area (Å²) in [7, 11) is 0. The minimum Gasteiger partial charge on any atom is -0.444 e. The molecule has 1 atom stereocenters. The summed E-state index contributed by atoms with van der Waals surface area (Å²) in [6.45, 7) is 8.05. The molecule has 3 amide bonds. The van der Waals surface area contributed by atoms with Gasteiger partial charge in [-0.25, -0.2) is 4.79 Å². The maximum Gasteiger partial charge on any atom is 0.412 e. The number of amides is 3. The Hall–Kier alpha value is -2.61. The summed E-state index contributed by atoms with van der Waals surface area (Å²) >= 11 is 0. The Kier molecular flexibility index (Phi) is 6.42. The van der Waals surface area contributed by atoms with E-state index in [1.54, 1.807) is 54.8 Å². The number of nitrogens with one attached hydrogen (secondary N) is 1. The smallest absolute Gasteiger partial charge is 0.412 e. The summed E-state index contributed by atoms with van der Waals surface area (Å²) in [5.74, 6) is -0.0507. The van der Waals surface area contributed by atoms with E-state index in [2.05, 4.69) is 5.32 Å². The van der Waals surface area contributed by atoms with Gasteiger partial charge in [-0.1, -0.05) is 0 Å². The van der Waals surface area contributed by atoms with Crippen LogP contribution >= 0.6 is 0 Å². The van der Waals surface area contributed by atoms with Crippen molar-refractivity contribution in [3.8, 4) is 0 Å². The second-order valence-electron chi connectivity index (χ2n) is 8.32. The number of rotatable bonds is 3. The fraction of sp³-hybridized carbons (Fsp3) is 0.571. The number of anilines is 1. The van der Waals surface area contributed by atoms with Crippen LogP contribution in [0, 0.1) is 0 Å². The Balaban J connectivity index is 1.50. The Morgan fingerprint density at radius 3 is 2.21 bits per heavy atom. The van der Waals surface area contributed by atoms with Crippen LogP contribution in [-0.2, 0) is 14.3 Å². The topological polar surface area (TPSA) is 88.2 Å². The van der Waals surface area contributed by atoms with Crippen LogP contribution in [0.1, 0.15) is 44.0 Å². The van der Waals surface area contributed by atoms with Gasteiger partial charge >= 0.3 is 6.09 Å². The van der Waals surface area contributed by atoms with Gasteiger partial charge in [-0.15, -0.1) is 0 Å². The fourth-order valence-electron chi connectivity index (χ4n) is 3.41. The van der Waals surface area contributed by atoms with Gasteiger partial charge in [0.15, 0.2) is 0 Å². The quantitative estimate of drug-likeness (QED) is 0.838. The van der Waals surface area contributed by atoms with Gasteiger partial charge < -0.3 is 19.3 Å². The predicted molar refractivity (Wildman–Crippen MR) is 108 cm³/mol. The SMILES string of the molecule is CC(C)(C)OC(=O)Nc1ccc(C(=O)N2CCN(C(=O)C3CCCO3)CC2)cc1. The highest BCUT2D eigenvalue weighted by atomic mass is 16.6. The molecule has 158 valence electrons. The first-order valence-electron chi connectivity index (χ1n) is 10.0. The lowest BCUT2D eigenvalue weighted by atomic mass is 10.1. The van der Waals surface area contributed by atoms with Crippen molar-refractivity contribution in [2.24, 2.45) is 0 Å². The first-order chi connectivity index (χ1) is 13.7. The van der Waals surface area contributed by atoms with Crippen LogP contribution in [0.4, 0.5) is 10.5 Å². The molecular weight excluding hydrogens is 374 g/mol. The van der Waals surface area contributed by atoms with Crippen LogP contribution in [0.5, 0.6) is 0 Å². The number of piperazine rings is 1. The average molecular weight is 403 g/mol. The van der Waals surface area contributed by atoms with Gasteiger partial charge in [0.25, 0.3) is 11.8 Å². The molecule has 0 spiro atoms. The minimum absolute atomic E-state index is 0.0344. The molecule has 2 saturated heterocycles. The second-order valence-corrected chi connectivity index (χ2v) is 8.32. The average Bonchev–Trinajstić information content (AvgIpc) is 3.21. The van der Waals surface area contributed by atoms with Crippen molar-refractivity contribution in [1.29, 1.82) is 0 Å². The molecule has 0 bridgehead atoms. The summed E-state index contributed by atoms with van der Waals surface area (Å²) in [6.07, 6.45) is 0.848. The molecule has 1 unspecified atom stereocenters. The standard InChI is InChI=1S/C21H29N3O5/c1-21(2,3)29-20(27)22-16-8-6-15(7-9-16)18(25)23-10-12-24(13-11-23)19(26)17-5-4-14-28-17/h6-9,17H,4-5,10-14H2,1-3H3,(H,22,27). The van der Waals surface area contributed by atoms with E-state index < -0.39 is 11.7 Å². The Morgan fingerprint density at radius 1 is 1.03 bits per heavy atom. The van der Waals surface area contributed by atoms with Crippen LogP contribution in [0.25, 0.3) is 0 Å². The zero-order valence-corrected chi connectivity index (χ0v) is 17.3. The molecule has 1 aromatic carbocycles. The molecule has 0 aliphatic carbocycles. The first-order valence-corrected chi connectivity index (χ1v) is 10.0. The van der Waals surface area contributed by atoms with Gasteiger partial charge in [0.1, 0.15) is 11.7 Å². The third-order valence-corrected chi connectivity index (χ3v) is 4.86. The summed E-state index contributed by atoms with van der Waals surface area (Å²) in [5.41, 5.74) is 0.523. The predicted octanol–water partition coefficient (Wildman–Crippen LogP) is 2.50. The van der Waals surface area contributed by atoms with Crippen molar-refractivity contribution >= 4 is 23.6 Å². The van der Waals surface area contributed by atoms with E-state index in [0.717, 1.165) is 12.8 Å². The number of carbonyl (C=O) groups is 3. The van der Waals surface area contributed by atoms with Crippen molar-refractivity contribution in [1.82, 2.24) is 9.80 Å². The molecule has 2 aliphatic heterocycles. The molecular formula is C21H29N3O5. The van der Waals surface area contributed by atoms with E-state index in [0.29, 0.717) is 44.0 Å². The van der Waals surface area contributed by atoms with Crippen molar-refractivity contribution in [3.05, 3.63) is 29.8 Å². The fourth-order valence-corrected chi connectivity index (χ4v) is 3.41. The van der Waals surface area contributed by atoms with Crippen molar-refractivity contribution in [3.63, 3.8) is 0 Å². The van der Waals surface area contributed by atoms with E-state index >= 15 is 0 Å². The van der Waals surface area contributed by atoms with Crippen LogP contribution in [0.15, 0.2) is 24.3 Å².